The molecule has 0 unspecified atom stereocenters. The summed E-state index contributed by atoms with van der Waals surface area (Å²) in [6, 6.07) is 0.660. The zero-order chi connectivity index (χ0) is 11.7. The van der Waals surface area contributed by atoms with Gasteiger partial charge in [-0.25, -0.2) is 4.98 Å². The van der Waals surface area contributed by atoms with Crippen LogP contribution in [0, 0.1) is 12.8 Å². The summed E-state index contributed by atoms with van der Waals surface area (Å²) in [5.41, 5.74) is 0.865. The van der Waals surface area contributed by atoms with Gasteiger partial charge in [-0.3, -0.25) is 4.79 Å². The zero-order valence-electron chi connectivity index (χ0n) is 10.1. The van der Waals surface area contributed by atoms with E-state index in [1.54, 1.807) is 0 Å². The van der Waals surface area contributed by atoms with Crippen molar-refractivity contribution in [3.8, 4) is 0 Å². The molecule has 1 fully saturated rings. The summed E-state index contributed by atoms with van der Waals surface area (Å²) in [6.45, 7) is 7.38. The molecular formula is C12H18N2OS. The Morgan fingerprint density at radius 2 is 2.25 bits per heavy atom. The molecule has 0 amide bonds. The number of hydrogen-bond acceptors (Lipinski definition) is 4. The van der Waals surface area contributed by atoms with Crippen molar-refractivity contribution in [2.45, 2.75) is 39.7 Å². The first-order valence-corrected chi connectivity index (χ1v) is 6.62. The first-order valence-electron chi connectivity index (χ1n) is 5.81. The van der Waals surface area contributed by atoms with E-state index in [0.29, 0.717) is 12.0 Å². The molecule has 1 aromatic heterocycles. The molecule has 1 heterocycles. The number of rotatable bonds is 5. The minimum absolute atomic E-state index is 0.629. The maximum atomic E-state index is 10.8. The normalized spacial score (nSPS) is 15.5. The molecule has 16 heavy (non-hydrogen) atoms. The second kappa shape index (κ2) is 4.53. The van der Waals surface area contributed by atoms with Crippen molar-refractivity contribution in [1.82, 2.24) is 4.98 Å². The third kappa shape index (κ3) is 2.43. The molecule has 2 rings (SSSR count). The van der Waals surface area contributed by atoms with Crippen molar-refractivity contribution in [1.29, 1.82) is 0 Å². The average molecular weight is 238 g/mol. The minimum Gasteiger partial charge on any atom is -0.345 e. The average Bonchev–Trinajstić information content (AvgIpc) is 2.98. The smallest absolute Gasteiger partial charge is 0.186 e. The van der Waals surface area contributed by atoms with Gasteiger partial charge in [-0.2, -0.15) is 0 Å². The molecule has 0 bridgehead atoms. The van der Waals surface area contributed by atoms with Crippen molar-refractivity contribution >= 4 is 22.8 Å². The van der Waals surface area contributed by atoms with Crippen LogP contribution < -0.4 is 4.90 Å². The summed E-state index contributed by atoms with van der Waals surface area (Å²) in [6.07, 6.45) is 3.44. The number of nitrogens with zero attached hydrogens (tertiary/aromatic N) is 2. The Balaban J connectivity index is 2.20. The van der Waals surface area contributed by atoms with Crippen LogP contribution in [0.2, 0.25) is 0 Å². The van der Waals surface area contributed by atoms with Gasteiger partial charge in [0.25, 0.3) is 0 Å². The molecule has 4 heteroatoms. The number of hydrogen-bond donors (Lipinski definition) is 0. The molecule has 0 N–H and O–H groups in total. The summed E-state index contributed by atoms with van der Waals surface area (Å²) in [4.78, 5) is 18.5. The lowest BCUT2D eigenvalue weighted by Crippen LogP contribution is -2.29. The van der Waals surface area contributed by atoms with Gasteiger partial charge in [-0.05, 0) is 25.7 Å². The topological polar surface area (TPSA) is 33.2 Å². The molecular weight excluding hydrogens is 220 g/mol. The number of aldehydes is 1. The molecule has 0 radical (unpaired) electrons. The second-order valence-corrected chi connectivity index (χ2v) is 5.85. The molecule has 0 atom stereocenters. The van der Waals surface area contributed by atoms with Crippen molar-refractivity contribution in [2.75, 3.05) is 11.4 Å². The standard InChI is InChI=1S/C12H18N2OS/c1-8(2)6-14(10-4-5-10)12-13-9(3)11(7-15)16-12/h7-8,10H,4-6H2,1-3H3. The van der Waals surface area contributed by atoms with Crippen LogP contribution in [0.15, 0.2) is 0 Å². The van der Waals surface area contributed by atoms with E-state index in [-0.39, 0.29) is 0 Å². The fourth-order valence-corrected chi connectivity index (χ4v) is 2.75. The second-order valence-electron chi connectivity index (χ2n) is 4.84. The van der Waals surface area contributed by atoms with E-state index in [1.807, 2.05) is 6.92 Å². The first-order chi connectivity index (χ1) is 7.61. The molecule has 1 aliphatic rings. The van der Waals surface area contributed by atoms with E-state index < -0.39 is 0 Å². The van der Waals surface area contributed by atoms with E-state index in [9.17, 15) is 4.79 Å². The maximum absolute atomic E-state index is 10.8. The van der Waals surface area contributed by atoms with Crippen LogP contribution in [0.4, 0.5) is 5.13 Å². The van der Waals surface area contributed by atoms with Gasteiger partial charge >= 0.3 is 0 Å². The lowest BCUT2D eigenvalue weighted by molar-refractivity contribution is 0.112. The van der Waals surface area contributed by atoms with E-state index in [1.165, 1.54) is 24.2 Å². The van der Waals surface area contributed by atoms with Crippen LogP contribution >= 0.6 is 11.3 Å². The van der Waals surface area contributed by atoms with Gasteiger partial charge in [0.2, 0.25) is 0 Å². The van der Waals surface area contributed by atoms with Crippen molar-refractivity contribution in [2.24, 2.45) is 5.92 Å². The molecule has 3 nitrogen and oxygen atoms in total. The van der Waals surface area contributed by atoms with Crippen LogP contribution in [0.25, 0.3) is 0 Å². The Hall–Kier alpha value is -0.900. The van der Waals surface area contributed by atoms with E-state index in [2.05, 4.69) is 23.7 Å². The Bertz CT molecular complexity index is 382. The molecule has 0 aliphatic heterocycles. The van der Waals surface area contributed by atoms with Crippen LogP contribution in [0.5, 0.6) is 0 Å². The lowest BCUT2D eigenvalue weighted by atomic mass is 10.2. The summed E-state index contributed by atoms with van der Waals surface area (Å²) in [5, 5.41) is 1.02. The SMILES string of the molecule is Cc1nc(N(CC(C)C)C2CC2)sc1C=O. The summed E-state index contributed by atoms with van der Waals surface area (Å²) in [7, 11) is 0. The monoisotopic (exact) mass is 238 g/mol. The van der Waals surface area contributed by atoms with Gasteiger partial charge in [-0.15, -0.1) is 0 Å². The third-order valence-corrected chi connectivity index (χ3v) is 3.84. The molecule has 0 spiro atoms. The predicted octanol–water partition coefficient (Wildman–Crippen LogP) is 2.89. The minimum atomic E-state index is 0.629. The number of anilines is 1. The van der Waals surface area contributed by atoms with Gasteiger partial charge in [-0.1, -0.05) is 25.2 Å². The van der Waals surface area contributed by atoms with Crippen LogP contribution in [-0.2, 0) is 0 Å². The molecule has 1 saturated carbocycles. The molecule has 88 valence electrons. The molecule has 0 aromatic carbocycles. The summed E-state index contributed by atoms with van der Waals surface area (Å²) in [5.74, 6) is 0.629. The Labute approximate surface area is 100 Å². The van der Waals surface area contributed by atoms with Crippen LogP contribution in [0.3, 0.4) is 0 Å². The maximum Gasteiger partial charge on any atom is 0.186 e. The van der Waals surface area contributed by atoms with Gasteiger partial charge in [0.05, 0.1) is 10.6 Å². The highest BCUT2D eigenvalue weighted by Crippen LogP contribution is 2.35. The highest BCUT2D eigenvalue weighted by atomic mass is 32.1. The van der Waals surface area contributed by atoms with Gasteiger partial charge in [0.15, 0.2) is 11.4 Å². The van der Waals surface area contributed by atoms with Crippen molar-refractivity contribution in [3.63, 3.8) is 0 Å². The van der Waals surface area contributed by atoms with Crippen LogP contribution in [-0.4, -0.2) is 23.9 Å². The van der Waals surface area contributed by atoms with Gasteiger partial charge in [0, 0.05) is 12.6 Å². The number of aromatic nitrogens is 1. The quantitative estimate of drug-likeness (QED) is 0.740. The van der Waals surface area contributed by atoms with Gasteiger partial charge in [0.1, 0.15) is 0 Å². The molecule has 1 aromatic rings. The molecule has 0 saturated heterocycles. The largest absolute Gasteiger partial charge is 0.345 e. The van der Waals surface area contributed by atoms with Gasteiger partial charge < -0.3 is 4.90 Å². The van der Waals surface area contributed by atoms with E-state index in [4.69, 9.17) is 0 Å². The number of aryl methyl sites for hydroxylation is 1. The first kappa shape index (κ1) is 11.6. The van der Waals surface area contributed by atoms with E-state index in [0.717, 1.165) is 28.5 Å². The fourth-order valence-electron chi connectivity index (χ4n) is 1.79. The Morgan fingerprint density at radius 1 is 1.56 bits per heavy atom. The zero-order valence-corrected chi connectivity index (χ0v) is 10.9. The van der Waals surface area contributed by atoms with Crippen molar-refractivity contribution in [3.05, 3.63) is 10.6 Å². The highest BCUT2D eigenvalue weighted by Gasteiger charge is 2.31. The van der Waals surface area contributed by atoms with E-state index >= 15 is 0 Å². The highest BCUT2D eigenvalue weighted by molar-refractivity contribution is 7.17. The number of thiazole rings is 1. The third-order valence-electron chi connectivity index (χ3n) is 2.72. The molecule has 1 aliphatic carbocycles. The lowest BCUT2D eigenvalue weighted by Gasteiger charge is -2.23. The Morgan fingerprint density at radius 3 is 2.69 bits per heavy atom. The predicted molar refractivity (Wildman–Crippen MR) is 67.4 cm³/mol. The summed E-state index contributed by atoms with van der Waals surface area (Å²) >= 11 is 1.52. The summed E-state index contributed by atoms with van der Waals surface area (Å²) < 4.78 is 0. The number of carbonyl (C=O) groups is 1. The van der Waals surface area contributed by atoms with Crippen molar-refractivity contribution < 1.29 is 4.79 Å². The Kier molecular flexibility index (Phi) is 3.28. The fraction of sp³-hybridized carbons (Fsp3) is 0.667. The number of carbonyl (C=O) groups excluding carboxylic acids is 1. The van der Waals surface area contributed by atoms with Crippen LogP contribution in [0.1, 0.15) is 42.1 Å².